The van der Waals surface area contributed by atoms with Gasteiger partial charge in [-0.25, -0.2) is 0 Å². The summed E-state index contributed by atoms with van der Waals surface area (Å²) in [6.07, 6.45) is 3.73. The molecular weight excluding hydrogens is 242 g/mol. The molecule has 0 amide bonds. The van der Waals surface area contributed by atoms with Gasteiger partial charge in [0.25, 0.3) is 0 Å². The standard InChI is InChI=1S/C15H21NO3/c1-19-11-7-6-10-8-14(16)12(13(10)9-11)4-2-3-5-15(17)18/h6-7,9,12,14H,2-5,8,16H2,1H3,(H,17,18). The van der Waals surface area contributed by atoms with Crippen LogP contribution in [-0.4, -0.2) is 24.2 Å². The number of fused-ring (bicyclic) bond motifs is 1. The Labute approximate surface area is 113 Å². The molecule has 0 fully saturated rings. The molecular formula is C15H21NO3. The van der Waals surface area contributed by atoms with Gasteiger partial charge in [0.05, 0.1) is 7.11 Å². The van der Waals surface area contributed by atoms with E-state index in [1.165, 1.54) is 11.1 Å². The molecule has 0 bridgehead atoms. The molecule has 4 heteroatoms. The third-order valence-electron chi connectivity index (χ3n) is 3.88. The number of ether oxygens (including phenoxy) is 1. The second-order valence-corrected chi connectivity index (χ2v) is 5.18. The normalized spacial score (nSPS) is 21.2. The van der Waals surface area contributed by atoms with Crippen LogP contribution in [0.25, 0.3) is 0 Å². The second-order valence-electron chi connectivity index (χ2n) is 5.18. The summed E-state index contributed by atoms with van der Waals surface area (Å²) in [6, 6.07) is 6.28. The molecule has 1 aliphatic rings. The smallest absolute Gasteiger partial charge is 0.303 e. The third-order valence-corrected chi connectivity index (χ3v) is 3.88. The Morgan fingerprint density at radius 3 is 2.95 bits per heavy atom. The minimum Gasteiger partial charge on any atom is -0.497 e. The molecule has 3 N–H and O–H groups in total. The van der Waals surface area contributed by atoms with Gasteiger partial charge < -0.3 is 15.6 Å². The van der Waals surface area contributed by atoms with Crippen molar-refractivity contribution >= 4 is 5.97 Å². The Morgan fingerprint density at radius 2 is 2.26 bits per heavy atom. The van der Waals surface area contributed by atoms with Gasteiger partial charge in [-0.1, -0.05) is 12.5 Å². The number of benzene rings is 1. The van der Waals surface area contributed by atoms with Gasteiger partial charge in [-0.05, 0) is 48.4 Å². The van der Waals surface area contributed by atoms with Crippen LogP contribution in [0.3, 0.4) is 0 Å². The lowest BCUT2D eigenvalue weighted by Crippen LogP contribution is -2.24. The summed E-state index contributed by atoms with van der Waals surface area (Å²) >= 11 is 0. The number of rotatable bonds is 6. The maximum atomic E-state index is 10.5. The Bertz CT molecular complexity index is 459. The molecule has 4 nitrogen and oxygen atoms in total. The maximum Gasteiger partial charge on any atom is 0.303 e. The topological polar surface area (TPSA) is 72.5 Å². The number of aliphatic carboxylic acids is 1. The average Bonchev–Trinajstić information content (AvgIpc) is 2.69. The Hall–Kier alpha value is -1.55. The van der Waals surface area contributed by atoms with E-state index in [1.54, 1.807) is 7.11 Å². The molecule has 1 aromatic carbocycles. The van der Waals surface area contributed by atoms with E-state index in [9.17, 15) is 4.79 Å². The summed E-state index contributed by atoms with van der Waals surface area (Å²) in [5.41, 5.74) is 8.79. The zero-order chi connectivity index (χ0) is 13.8. The quantitative estimate of drug-likeness (QED) is 0.772. The van der Waals surface area contributed by atoms with E-state index in [2.05, 4.69) is 12.1 Å². The first kappa shape index (κ1) is 13.9. The highest BCUT2D eigenvalue weighted by molar-refractivity contribution is 5.66. The van der Waals surface area contributed by atoms with E-state index in [0.717, 1.165) is 31.4 Å². The molecule has 0 heterocycles. The van der Waals surface area contributed by atoms with Crippen molar-refractivity contribution in [2.24, 2.45) is 5.73 Å². The van der Waals surface area contributed by atoms with E-state index in [4.69, 9.17) is 15.6 Å². The highest BCUT2D eigenvalue weighted by Crippen LogP contribution is 2.37. The molecule has 2 atom stereocenters. The molecule has 0 radical (unpaired) electrons. The zero-order valence-corrected chi connectivity index (χ0v) is 11.3. The predicted octanol–water partition coefficient (Wildman–Crippen LogP) is 2.31. The van der Waals surface area contributed by atoms with Crippen LogP contribution in [-0.2, 0) is 11.2 Å². The first-order valence-electron chi connectivity index (χ1n) is 6.76. The first-order chi connectivity index (χ1) is 9.11. The maximum absolute atomic E-state index is 10.5. The van der Waals surface area contributed by atoms with E-state index in [0.29, 0.717) is 5.92 Å². The van der Waals surface area contributed by atoms with Crippen molar-refractivity contribution in [2.45, 2.75) is 44.1 Å². The summed E-state index contributed by atoms with van der Waals surface area (Å²) in [5, 5.41) is 8.64. The highest BCUT2D eigenvalue weighted by atomic mass is 16.5. The lowest BCUT2D eigenvalue weighted by atomic mass is 9.92. The molecule has 19 heavy (non-hydrogen) atoms. The molecule has 2 unspecified atom stereocenters. The Morgan fingerprint density at radius 1 is 1.47 bits per heavy atom. The van der Waals surface area contributed by atoms with E-state index in [1.807, 2.05) is 6.07 Å². The summed E-state index contributed by atoms with van der Waals surface area (Å²) < 4.78 is 5.26. The monoisotopic (exact) mass is 263 g/mol. The highest BCUT2D eigenvalue weighted by Gasteiger charge is 2.29. The fraction of sp³-hybridized carbons (Fsp3) is 0.533. The van der Waals surface area contributed by atoms with Crippen molar-refractivity contribution in [1.29, 1.82) is 0 Å². The van der Waals surface area contributed by atoms with Crippen molar-refractivity contribution in [1.82, 2.24) is 0 Å². The van der Waals surface area contributed by atoms with Gasteiger partial charge in [0.2, 0.25) is 0 Å². The summed E-state index contributed by atoms with van der Waals surface area (Å²) in [6.45, 7) is 0. The number of hydrogen-bond acceptors (Lipinski definition) is 3. The molecule has 0 saturated carbocycles. The Kier molecular flexibility index (Phi) is 4.43. The molecule has 2 rings (SSSR count). The van der Waals surface area contributed by atoms with Crippen molar-refractivity contribution in [2.75, 3.05) is 7.11 Å². The predicted molar refractivity (Wildman–Crippen MR) is 73.5 cm³/mol. The van der Waals surface area contributed by atoms with Gasteiger partial charge in [-0.15, -0.1) is 0 Å². The molecule has 104 valence electrons. The fourth-order valence-electron chi connectivity index (χ4n) is 2.87. The number of hydrogen-bond donors (Lipinski definition) is 2. The lowest BCUT2D eigenvalue weighted by molar-refractivity contribution is -0.137. The van der Waals surface area contributed by atoms with Gasteiger partial charge in [-0.3, -0.25) is 4.79 Å². The van der Waals surface area contributed by atoms with Crippen LogP contribution in [0.15, 0.2) is 18.2 Å². The minimum absolute atomic E-state index is 0.145. The molecule has 0 aliphatic heterocycles. The van der Waals surface area contributed by atoms with Gasteiger partial charge in [0.15, 0.2) is 0 Å². The second kappa shape index (κ2) is 6.06. The first-order valence-corrected chi connectivity index (χ1v) is 6.76. The van der Waals surface area contributed by atoms with Crippen molar-refractivity contribution < 1.29 is 14.6 Å². The minimum atomic E-state index is -0.724. The van der Waals surface area contributed by atoms with E-state index in [-0.39, 0.29) is 12.5 Å². The summed E-state index contributed by atoms with van der Waals surface area (Å²) in [4.78, 5) is 10.5. The summed E-state index contributed by atoms with van der Waals surface area (Å²) in [7, 11) is 1.67. The van der Waals surface area contributed by atoms with Crippen LogP contribution in [0.5, 0.6) is 5.75 Å². The summed E-state index contributed by atoms with van der Waals surface area (Å²) in [5.74, 6) is 0.472. The average molecular weight is 263 g/mol. The zero-order valence-electron chi connectivity index (χ0n) is 11.3. The fourth-order valence-corrected chi connectivity index (χ4v) is 2.87. The molecule has 0 aromatic heterocycles. The van der Waals surface area contributed by atoms with Crippen molar-refractivity contribution in [3.05, 3.63) is 29.3 Å². The van der Waals surface area contributed by atoms with Gasteiger partial charge >= 0.3 is 5.97 Å². The molecule has 1 aliphatic carbocycles. The van der Waals surface area contributed by atoms with Crippen molar-refractivity contribution in [3.63, 3.8) is 0 Å². The van der Waals surface area contributed by atoms with Crippen LogP contribution >= 0.6 is 0 Å². The van der Waals surface area contributed by atoms with Crippen LogP contribution in [0.1, 0.15) is 42.7 Å². The number of methoxy groups -OCH3 is 1. The van der Waals surface area contributed by atoms with Gasteiger partial charge in [-0.2, -0.15) is 0 Å². The van der Waals surface area contributed by atoms with Gasteiger partial charge in [0.1, 0.15) is 5.75 Å². The van der Waals surface area contributed by atoms with E-state index >= 15 is 0 Å². The SMILES string of the molecule is COc1ccc2c(c1)C(CCCCC(=O)O)C(N)C2. The van der Waals surface area contributed by atoms with Crippen LogP contribution < -0.4 is 10.5 Å². The van der Waals surface area contributed by atoms with E-state index < -0.39 is 5.97 Å². The third kappa shape index (κ3) is 3.26. The number of carboxylic acid groups (broad SMARTS) is 1. The number of carboxylic acids is 1. The van der Waals surface area contributed by atoms with Crippen LogP contribution in [0.4, 0.5) is 0 Å². The lowest BCUT2D eigenvalue weighted by Gasteiger charge is -2.16. The Balaban J connectivity index is 2.00. The largest absolute Gasteiger partial charge is 0.497 e. The molecule has 0 spiro atoms. The van der Waals surface area contributed by atoms with Crippen LogP contribution in [0.2, 0.25) is 0 Å². The number of unbranched alkanes of at least 4 members (excludes halogenated alkanes) is 1. The number of nitrogens with two attached hydrogens (primary N) is 1. The number of carbonyl (C=O) groups is 1. The van der Waals surface area contributed by atoms with Crippen LogP contribution in [0, 0.1) is 0 Å². The molecule has 0 saturated heterocycles. The molecule has 1 aromatic rings. The van der Waals surface area contributed by atoms with Gasteiger partial charge in [0, 0.05) is 12.5 Å². The van der Waals surface area contributed by atoms with Crippen molar-refractivity contribution in [3.8, 4) is 5.75 Å².